The van der Waals surface area contributed by atoms with E-state index in [1.165, 1.54) is 11.3 Å². The number of carbonyl (C=O) groups is 2. The minimum Gasteiger partial charge on any atom is -0.494 e. The molecule has 0 aliphatic rings. The van der Waals surface area contributed by atoms with Crippen molar-refractivity contribution in [3.05, 3.63) is 53.6 Å². The molecule has 1 aromatic heterocycles. The first-order valence-electron chi connectivity index (χ1n) is 8.02. The smallest absolute Gasteiger partial charge is 0.254 e. The molecule has 0 unspecified atom stereocenters. The molecule has 2 aromatic carbocycles. The molecule has 1 heterocycles. The van der Waals surface area contributed by atoms with Crippen molar-refractivity contribution in [2.24, 2.45) is 0 Å². The van der Waals surface area contributed by atoms with Crippen molar-refractivity contribution in [2.75, 3.05) is 18.5 Å². The number of thiazole rings is 1. The third-order valence-corrected chi connectivity index (χ3v) is 4.44. The Morgan fingerprint density at radius 3 is 2.74 bits per heavy atom. The van der Waals surface area contributed by atoms with Crippen molar-refractivity contribution in [3.8, 4) is 5.75 Å². The lowest BCUT2D eigenvalue weighted by atomic mass is 10.2. The number of fused-ring (bicyclic) bond motifs is 1. The molecule has 2 N–H and O–H groups in total. The van der Waals surface area contributed by atoms with Gasteiger partial charge in [-0.1, -0.05) is 11.3 Å². The van der Waals surface area contributed by atoms with Crippen LogP contribution in [0.5, 0.6) is 5.75 Å². The van der Waals surface area contributed by atoms with E-state index in [2.05, 4.69) is 15.6 Å². The van der Waals surface area contributed by atoms with E-state index in [-0.39, 0.29) is 12.1 Å². The Kier molecular flexibility index (Phi) is 5.60. The molecule has 6 nitrogen and oxygen atoms in total. The molecule has 0 atom stereocenters. The molecule has 0 saturated heterocycles. The summed E-state index contributed by atoms with van der Waals surface area (Å²) in [5.74, 6) is -2.40. The summed E-state index contributed by atoms with van der Waals surface area (Å²) >= 11 is 1.26. The summed E-state index contributed by atoms with van der Waals surface area (Å²) in [6.45, 7) is 2.05. The van der Waals surface area contributed by atoms with Crippen molar-refractivity contribution in [1.82, 2.24) is 10.3 Å². The Labute approximate surface area is 157 Å². The number of ether oxygens (including phenoxy) is 1. The van der Waals surface area contributed by atoms with Gasteiger partial charge in [-0.05, 0) is 37.3 Å². The first-order chi connectivity index (χ1) is 13.0. The quantitative estimate of drug-likeness (QED) is 0.675. The van der Waals surface area contributed by atoms with Crippen LogP contribution < -0.4 is 15.4 Å². The van der Waals surface area contributed by atoms with Crippen LogP contribution in [0.1, 0.15) is 17.3 Å². The molecule has 140 valence electrons. The molecule has 0 aliphatic carbocycles. The topological polar surface area (TPSA) is 80.3 Å². The van der Waals surface area contributed by atoms with Gasteiger partial charge < -0.3 is 15.4 Å². The van der Waals surface area contributed by atoms with Gasteiger partial charge in [-0.3, -0.25) is 9.59 Å². The maximum atomic E-state index is 13.6. The van der Waals surface area contributed by atoms with Gasteiger partial charge in [0.25, 0.3) is 5.91 Å². The molecule has 0 saturated carbocycles. The van der Waals surface area contributed by atoms with Crippen LogP contribution in [0.3, 0.4) is 0 Å². The van der Waals surface area contributed by atoms with E-state index >= 15 is 0 Å². The normalized spacial score (nSPS) is 10.6. The lowest BCUT2D eigenvalue weighted by Gasteiger charge is -2.06. The van der Waals surface area contributed by atoms with Crippen molar-refractivity contribution in [1.29, 1.82) is 0 Å². The maximum Gasteiger partial charge on any atom is 0.254 e. The SMILES string of the molecule is CCOc1ccc2nc(NC(=O)CNC(=O)c3ccc(F)cc3F)sc2c1. The number of hydrogen-bond donors (Lipinski definition) is 2. The average molecular weight is 391 g/mol. The minimum atomic E-state index is -0.996. The Hall–Kier alpha value is -3.07. The highest BCUT2D eigenvalue weighted by Gasteiger charge is 2.14. The van der Waals surface area contributed by atoms with Gasteiger partial charge >= 0.3 is 0 Å². The van der Waals surface area contributed by atoms with Crippen molar-refractivity contribution in [3.63, 3.8) is 0 Å². The second kappa shape index (κ2) is 8.09. The number of nitrogens with zero attached hydrogens (tertiary/aromatic N) is 1. The third-order valence-electron chi connectivity index (χ3n) is 3.50. The molecule has 0 fully saturated rings. The highest BCUT2D eigenvalue weighted by molar-refractivity contribution is 7.22. The summed E-state index contributed by atoms with van der Waals surface area (Å²) in [5, 5.41) is 5.22. The number of rotatable bonds is 6. The van der Waals surface area contributed by atoms with Crippen molar-refractivity contribution in [2.45, 2.75) is 6.92 Å². The fraction of sp³-hybridized carbons (Fsp3) is 0.167. The van der Waals surface area contributed by atoms with Crippen LogP contribution in [-0.4, -0.2) is 29.9 Å². The number of hydrogen-bond acceptors (Lipinski definition) is 5. The molecule has 2 amide bonds. The Balaban J connectivity index is 1.60. The molecule has 0 bridgehead atoms. The van der Waals surface area contributed by atoms with Gasteiger partial charge in [0.15, 0.2) is 5.13 Å². The number of amides is 2. The van der Waals surface area contributed by atoms with Gasteiger partial charge in [0.2, 0.25) is 5.91 Å². The molecule has 0 aliphatic heterocycles. The van der Waals surface area contributed by atoms with Crippen LogP contribution in [0.4, 0.5) is 13.9 Å². The van der Waals surface area contributed by atoms with E-state index in [1.54, 1.807) is 12.1 Å². The zero-order valence-electron chi connectivity index (χ0n) is 14.2. The van der Waals surface area contributed by atoms with Gasteiger partial charge in [0.05, 0.1) is 28.9 Å². The Morgan fingerprint density at radius 1 is 1.19 bits per heavy atom. The fourth-order valence-electron chi connectivity index (χ4n) is 2.31. The van der Waals surface area contributed by atoms with Crippen LogP contribution in [0.15, 0.2) is 36.4 Å². The summed E-state index contributed by atoms with van der Waals surface area (Å²) < 4.78 is 32.7. The Bertz CT molecular complexity index is 1010. The number of benzene rings is 2. The monoisotopic (exact) mass is 391 g/mol. The van der Waals surface area contributed by atoms with E-state index in [9.17, 15) is 18.4 Å². The highest BCUT2D eigenvalue weighted by atomic mass is 32.1. The predicted octanol–water partition coefficient (Wildman–Crippen LogP) is 3.34. The summed E-state index contributed by atoms with van der Waals surface area (Å²) in [5.41, 5.74) is 0.365. The molecule has 3 rings (SSSR count). The zero-order valence-corrected chi connectivity index (χ0v) is 15.0. The molecule has 3 aromatic rings. The summed E-state index contributed by atoms with van der Waals surface area (Å²) in [6.07, 6.45) is 0. The van der Waals surface area contributed by atoms with E-state index in [0.717, 1.165) is 16.8 Å². The van der Waals surface area contributed by atoms with Gasteiger partial charge in [-0.25, -0.2) is 13.8 Å². The largest absolute Gasteiger partial charge is 0.494 e. The van der Waals surface area contributed by atoms with E-state index in [0.29, 0.717) is 29.1 Å². The maximum absolute atomic E-state index is 13.6. The van der Waals surface area contributed by atoms with Crippen LogP contribution in [0, 0.1) is 11.6 Å². The third kappa shape index (κ3) is 4.56. The average Bonchev–Trinajstić information content (AvgIpc) is 3.01. The Morgan fingerprint density at radius 2 is 2.00 bits per heavy atom. The number of aromatic nitrogens is 1. The molecule has 0 radical (unpaired) electrons. The summed E-state index contributed by atoms with van der Waals surface area (Å²) in [7, 11) is 0. The van der Waals surface area contributed by atoms with Crippen LogP contribution in [0.25, 0.3) is 10.2 Å². The van der Waals surface area contributed by atoms with E-state index < -0.39 is 23.4 Å². The van der Waals surface area contributed by atoms with E-state index in [1.807, 2.05) is 13.0 Å². The van der Waals surface area contributed by atoms with Crippen molar-refractivity contribution < 1.29 is 23.1 Å². The molecular formula is C18H15F2N3O3S. The first kappa shape index (κ1) is 18.7. The second-order valence-corrected chi connectivity index (χ2v) is 6.47. The molecular weight excluding hydrogens is 376 g/mol. The zero-order chi connectivity index (χ0) is 19.4. The standard InChI is InChI=1S/C18H15F2N3O3S/c1-2-26-11-4-6-14-15(8-11)27-18(22-14)23-16(24)9-21-17(25)12-5-3-10(19)7-13(12)20/h3-8H,2,9H2,1H3,(H,21,25)(H,22,23,24). The molecule has 27 heavy (non-hydrogen) atoms. The fourth-order valence-corrected chi connectivity index (χ4v) is 3.22. The summed E-state index contributed by atoms with van der Waals surface area (Å²) in [6, 6.07) is 7.98. The van der Waals surface area contributed by atoms with Gasteiger partial charge in [-0.2, -0.15) is 0 Å². The number of halogens is 2. The van der Waals surface area contributed by atoms with E-state index in [4.69, 9.17) is 4.74 Å². The molecule has 0 spiro atoms. The van der Waals surface area contributed by atoms with Gasteiger partial charge in [0.1, 0.15) is 17.4 Å². The molecule has 9 heteroatoms. The number of carbonyl (C=O) groups excluding carboxylic acids is 2. The van der Waals surface area contributed by atoms with Crippen molar-refractivity contribution >= 4 is 38.5 Å². The highest BCUT2D eigenvalue weighted by Crippen LogP contribution is 2.29. The van der Waals surface area contributed by atoms with Crippen LogP contribution >= 0.6 is 11.3 Å². The lowest BCUT2D eigenvalue weighted by Crippen LogP contribution is -2.33. The second-order valence-electron chi connectivity index (χ2n) is 5.44. The predicted molar refractivity (Wildman–Crippen MR) is 98.1 cm³/mol. The van der Waals surface area contributed by atoms with Crippen LogP contribution in [0.2, 0.25) is 0 Å². The van der Waals surface area contributed by atoms with Gasteiger partial charge in [-0.15, -0.1) is 0 Å². The van der Waals surface area contributed by atoms with Gasteiger partial charge in [0, 0.05) is 6.07 Å². The summed E-state index contributed by atoms with van der Waals surface area (Å²) in [4.78, 5) is 28.2. The minimum absolute atomic E-state index is 0.340. The number of nitrogens with one attached hydrogen (secondary N) is 2. The lowest BCUT2D eigenvalue weighted by molar-refractivity contribution is -0.115. The first-order valence-corrected chi connectivity index (χ1v) is 8.84. The van der Waals surface area contributed by atoms with Crippen LogP contribution in [-0.2, 0) is 4.79 Å². The number of anilines is 1.